The van der Waals surface area contributed by atoms with Gasteiger partial charge in [-0.15, -0.1) is 11.3 Å². The number of hydrogen-bond donors (Lipinski definition) is 3. The summed E-state index contributed by atoms with van der Waals surface area (Å²) in [5.74, 6) is 1.64. The molecule has 3 aliphatic rings. The first-order chi connectivity index (χ1) is 15.8. The predicted octanol–water partition coefficient (Wildman–Crippen LogP) is 6.14. The van der Waals surface area contributed by atoms with Crippen LogP contribution in [0.4, 0.5) is 5.13 Å². The van der Waals surface area contributed by atoms with Crippen LogP contribution < -0.4 is 5.32 Å². The van der Waals surface area contributed by atoms with E-state index in [1.54, 1.807) is 6.20 Å². The Bertz CT molecular complexity index is 1120. The Balaban J connectivity index is 1.37. The van der Waals surface area contributed by atoms with Crippen molar-refractivity contribution in [2.45, 2.75) is 64.7 Å². The number of fused-ring (bicyclic) bond motifs is 5. The number of amides is 1. The molecule has 2 aromatic rings. The molecule has 5 atom stereocenters. The number of oxime groups is 1. The second-order valence-corrected chi connectivity index (χ2v) is 11.8. The number of phenols is 1. The second kappa shape index (κ2) is 8.58. The molecule has 2 saturated carbocycles. The SMILES string of the molecule is Cc1cnc(NC(=O)CCC2C/C(=N\O)C3(C)CCC4c5cc(Cl)c(O)cc5CCC4C23)s1. The number of nitrogens with zero attached hydrogens (tertiary/aromatic N) is 2. The second-order valence-electron chi connectivity index (χ2n) is 10.2. The van der Waals surface area contributed by atoms with Gasteiger partial charge in [0.05, 0.1) is 10.7 Å². The monoisotopic (exact) mass is 487 g/mol. The highest BCUT2D eigenvalue weighted by Crippen LogP contribution is 2.62. The maximum absolute atomic E-state index is 12.6. The third-order valence-corrected chi connectivity index (χ3v) is 9.53. The number of aromatic nitrogens is 1. The van der Waals surface area contributed by atoms with Crippen molar-refractivity contribution in [2.75, 3.05) is 5.32 Å². The zero-order valence-electron chi connectivity index (χ0n) is 19.0. The molecule has 0 bridgehead atoms. The molecule has 0 saturated heterocycles. The van der Waals surface area contributed by atoms with Gasteiger partial charge in [0.2, 0.25) is 5.91 Å². The average Bonchev–Trinajstić information content (AvgIpc) is 3.32. The first-order valence-corrected chi connectivity index (χ1v) is 12.9. The Labute approximate surface area is 203 Å². The molecule has 6 nitrogen and oxygen atoms in total. The van der Waals surface area contributed by atoms with E-state index in [1.807, 2.05) is 19.1 Å². The van der Waals surface area contributed by atoms with E-state index in [2.05, 4.69) is 22.4 Å². The first kappa shape index (κ1) is 22.7. The summed E-state index contributed by atoms with van der Waals surface area (Å²) in [5, 5.41) is 27.7. The van der Waals surface area contributed by atoms with Crippen molar-refractivity contribution in [1.82, 2.24) is 4.98 Å². The Morgan fingerprint density at radius 2 is 2.21 bits per heavy atom. The van der Waals surface area contributed by atoms with E-state index >= 15 is 0 Å². The minimum atomic E-state index is -0.137. The van der Waals surface area contributed by atoms with Gasteiger partial charge in [0.1, 0.15) is 5.75 Å². The van der Waals surface area contributed by atoms with Gasteiger partial charge in [0, 0.05) is 22.9 Å². The third-order valence-electron chi connectivity index (χ3n) is 8.40. The molecule has 0 radical (unpaired) electrons. The Morgan fingerprint density at radius 3 is 2.94 bits per heavy atom. The molecular weight excluding hydrogens is 458 g/mol. The predicted molar refractivity (Wildman–Crippen MR) is 131 cm³/mol. The fourth-order valence-electron chi connectivity index (χ4n) is 6.99. The minimum Gasteiger partial charge on any atom is -0.506 e. The van der Waals surface area contributed by atoms with E-state index in [0.29, 0.717) is 40.2 Å². The van der Waals surface area contributed by atoms with Crippen molar-refractivity contribution in [3.8, 4) is 5.75 Å². The molecule has 1 amide bonds. The molecule has 33 heavy (non-hydrogen) atoms. The van der Waals surface area contributed by atoms with Gasteiger partial charge in [-0.2, -0.15) is 0 Å². The number of halogens is 1. The molecule has 8 heteroatoms. The highest BCUT2D eigenvalue weighted by Gasteiger charge is 2.57. The van der Waals surface area contributed by atoms with Crippen LogP contribution in [-0.4, -0.2) is 26.9 Å². The number of phenolic OH excluding ortho intramolecular Hbond substituents is 1. The number of thiazole rings is 1. The Hall–Kier alpha value is -2.12. The Kier molecular flexibility index (Phi) is 5.90. The molecule has 2 fully saturated rings. The number of nitrogens with one attached hydrogen (secondary N) is 1. The molecule has 1 aromatic heterocycles. The number of benzene rings is 1. The summed E-state index contributed by atoms with van der Waals surface area (Å²) in [5.41, 5.74) is 3.22. The molecule has 3 aliphatic carbocycles. The van der Waals surface area contributed by atoms with Gasteiger partial charge in [0.25, 0.3) is 0 Å². The van der Waals surface area contributed by atoms with Crippen molar-refractivity contribution in [2.24, 2.45) is 28.3 Å². The van der Waals surface area contributed by atoms with E-state index in [1.165, 1.54) is 22.5 Å². The fourth-order valence-corrected chi connectivity index (χ4v) is 7.85. The van der Waals surface area contributed by atoms with Gasteiger partial charge in [-0.1, -0.05) is 23.7 Å². The van der Waals surface area contributed by atoms with Crippen LogP contribution in [0.2, 0.25) is 5.02 Å². The van der Waals surface area contributed by atoms with Crippen molar-refractivity contribution >= 4 is 39.7 Å². The number of hydrogen-bond acceptors (Lipinski definition) is 6. The normalized spacial score (nSPS) is 31.7. The molecule has 1 aromatic carbocycles. The topological polar surface area (TPSA) is 94.8 Å². The van der Waals surface area contributed by atoms with E-state index < -0.39 is 0 Å². The van der Waals surface area contributed by atoms with Gasteiger partial charge in [0.15, 0.2) is 5.13 Å². The Morgan fingerprint density at radius 1 is 1.39 bits per heavy atom. The van der Waals surface area contributed by atoms with Gasteiger partial charge >= 0.3 is 0 Å². The summed E-state index contributed by atoms with van der Waals surface area (Å²) >= 11 is 7.77. The molecule has 0 spiro atoms. The number of rotatable bonds is 4. The highest BCUT2D eigenvalue weighted by atomic mass is 35.5. The van der Waals surface area contributed by atoms with Crippen LogP contribution in [0.5, 0.6) is 5.75 Å². The third kappa shape index (κ3) is 3.93. The number of aryl methyl sites for hydroxylation is 2. The van der Waals surface area contributed by atoms with Gasteiger partial charge in [-0.25, -0.2) is 4.98 Å². The van der Waals surface area contributed by atoms with E-state index in [-0.39, 0.29) is 17.1 Å². The minimum absolute atomic E-state index is 0.0101. The highest BCUT2D eigenvalue weighted by molar-refractivity contribution is 7.15. The van der Waals surface area contributed by atoms with Gasteiger partial charge in [-0.05, 0) is 92.4 Å². The summed E-state index contributed by atoms with van der Waals surface area (Å²) in [4.78, 5) is 17.9. The van der Waals surface area contributed by atoms with Crippen LogP contribution in [0, 0.1) is 30.1 Å². The smallest absolute Gasteiger partial charge is 0.226 e. The summed E-state index contributed by atoms with van der Waals surface area (Å²) in [6, 6.07) is 3.79. The zero-order valence-corrected chi connectivity index (χ0v) is 20.5. The van der Waals surface area contributed by atoms with E-state index in [9.17, 15) is 15.1 Å². The van der Waals surface area contributed by atoms with Crippen LogP contribution in [0.1, 0.15) is 67.4 Å². The fraction of sp³-hybridized carbons (Fsp3) is 0.560. The lowest BCUT2D eigenvalue weighted by Crippen LogP contribution is -2.44. The van der Waals surface area contributed by atoms with Crippen molar-refractivity contribution in [1.29, 1.82) is 0 Å². The van der Waals surface area contributed by atoms with Crippen LogP contribution >= 0.6 is 22.9 Å². The van der Waals surface area contributed by atoms with E-state index in [0.717, 1.165) is 49.1 Å². The molecule has 5 unspecified atom stereocenters. The molecule has 5 rings (SSSR count). The van der Waals surface area contributed by atoms with Crippen LogP contribution in [0.15, 0.2) is 23.5 Å². The number of aromatic hydroxyl groups is 1. The summed E-state index contributed by atoms with van der Waals surface area (Å²) < 4.78 is 0. The van der Waals surface area contributed by atoms with Crippen LogP contribution in [0.25, 0.3) is 0 Å². The first-order valence-electron chi connectivity index (χ1n) is 11.7. The van der Waals surface area contributed by atoms with Crippen molar-refractivity contribution < 1.29 is 15.1 Å². The van der Waals surface area contributed by atoms with Gasteiger partial charge < -0.3 is 15.6 Å². The lowest BCUT2D eigenvalue weighted by atomic mass is 9.54. The average molecular weight is 488 g/mol. The lowest BCUT2D eigenvalue weighted by molar-refractivity contribution is -0.116. The molecule has 3 N–H and O–H groups in total. The van der Waals surface area contributed by atoms with Crippen molar-refractivity contribution in [3.05, 3.63) is 39.4 Å². The van der Waals surface area contributed by atoms with E-state index in [4.69, 9.17) is 11.6 Å². The zero-order chi connectivity index (χ0) is 23.3. The van der Waals surface area contributed by atoms with Gasteiger partial charge in [-0.3, -0.25) is 4.79 Å². The molecule has 0 aliphatic heterocycles. The van der Waals surface area contributed by atoms with Crippen LogP contribution in [-0.2, 0) is 11.2 Å². The number of anilines is 1. The maximum atomic E-state index is 12.6. The standard InChI is InChI=1S/C25H30ClN3O3S/c1-13-12-27-24(33-13)28-22(31)6-4-15-10-21(29-32)25(2)8-7-16-17(23(15)25)5-3-14-9-20(30)19(26)11-18(14)16/h9,11-12,15-17,23,30,32H,3-8,10H2,1-2H3,(H,27,28,31)/b29-21+. The summed E-state index contributed by atoms with van der Waals surface area (Å²) in [7, 11) is 0. The molecular formula is C25H30ClN3O3S. The quantitative estimate of drug-likeness (QED) is 0.356. The molecule has 1 heterocycles. The maximum Gasteiger partial charge on any atom is 0.226 e. The largest absolute Gasteiger partial charge is 0.506 e. The molecule has 176 valence electrons. The number of carbonyl (C=O) groups is 1. The summed E-state index contributed by atoms with van der Waals surface area (Å²) in [6.45, 7) is 4.22. The lowest BCUT2D eigenvalue weighted by Gasteiger charge is -2.50. The summed E-state index contributed by atoms with van der Waals surface area (Å²) in [6.07, 6.45) is 7.63. The number of carbonyl (C=O) groups excluding carboxylic acids is 1. The van der Waals surface area contributed by atoms with Crippen LogP contribution in [0.3, 0.4) is 0 Å². The van der Waals surface area contributed by atoms with Crippen molar-refractivity contribution in [3.63, 3.8) is 0 Å².